The van der Waals surface area contributed by atoms with Gasteiger partial charge in [0, 0.05) is 12.6 Å². The third-order valence-corrected chi connectivity index (χ3v) is 4.17. The standard InChI is InChI=1S/C19H25NO4/c1-14-3-6-19(24-14)12-20(15-4-5-15)11-16(21)13-23-18-9-7-17(22-2)8-10-18/h3,6-10,15-16,21H,4-5,11-13H2,1-2H3. The molecule has 1 unspecified atom stereocenters. The number of hydrogen-bond acceptors (Lipinski definition) is 5. The van der Waals surface area contributed by atoms with Gasteiger partial charge in [-0.05, 0) is 56.2 Å². The Hall–Kier alpha value is -1.98. The van der Waals surface area contributed by atoms with Gasteiger partial charge in [0.15, 0.2) is 0 Å². The van der Waals surface area contributed by atoms with Crippen LogP contribution in [0.5, 0.6) is 11.5 Å². The molecule has 0 spiro atoms. The summed E-state index contributed by atoms with van der Waals surface area (Å²) in [6.07, 6.45) is 1.83. The molecule has 0 radical (unpaired) electrons. The molecule has 24 heavy (non-hydrogen) atoms. The Labute approximate surface area is 142 Å². The smallest absolute Gasteiger partial charge is 0.119 e. The summed E-state index contributed by atoms with van der Waals surface area (Å²) >= 11 is 0. The summed E-state index contributed by atoms with van der Waals surface area (Å²) in [5.41, 5.74) is 0. The normalized spacial score (nSPS) is 15.5. The zero-order valence-electron chi connectivity index (χ0n) is 14.3. The SMILES string of the molecule is COc1ccc(OCC(O)CN(Cc2ccc(C)o2)C2CC2)cc1. The molecule has 1 N–H and O–H groups in total. The average molecular weight is 331 g/mol. The van der Waals surface area contributed by atoms with E-state index in [-0.39, 0.29) is 6.61 Å². The first-order valence-corrected chi connectivity index (χ1v) is 8.38. The van der Waals surface area contributed by atoms with Crippen molar-refractivity contribution in [3.05, 3.63) is 47.9 Å². The van der Waals surface area contributed by atoms with Crippen LogP contribution in [-0.2, 0) is 6.54 Å². The molecule has 0 saturated heterocycles. The molecule has 1 aromatic carbocycles. The fourth-order valence-electron chi connectivity index (χ4n) is 2.74. The number of rotatable bonds is 9. The maximum atomic E-state index is 10.3. The van der Waals surface area contributed by atoms with Crippen molar-refractivity contribution >= 4 is 0 Å². The highest BCUT2D eigenvalue weighted by Crippen LogP contribution is 2.29. The van der Waals surface area contributed by atoms with Crippen LogP contribution in [-0.4, -0.2) is 42.4 Å². The Morgan fingerprint density at radius 2 is 1.88 bits per heavy atom. The molecular weight excluding hydrogens is 306 g/mol. The van der Waals surface area contributed by atoms with E-state index in [1.54, 1.807) is 7.11 Å². The van der Waals surface area contributed by atoms with Crippen molar-refractivity contribution in [2.24, 2.45) is 0 Å². The minimum Gasteiger partial charge on any atom is -0.497 e. The van der Waals surface area contributed by atoms with Gasteiger partial charge in [-0.25, -0.2) is 0 Å². The zero-order valence-corrected chi connectivity index (χ0v) is 14.3. The number of benzene rings is 1. The van der Waals surface area contributed by atoms with E-state index in [9.17, 15) is 5.11 Å². The molecule has 5 nitrogen and oxygen atoms in total. The van der Waals surface area contributed by atoms with Crippen molar-refractivity contribution in [3.8, 4) is 11.5 Å². The highest BCUT2D eigenvalue weighted by atomic mass is 16.5. The Kier molecular flexibility index (Phi) is 5.43. The van der Waals surface area contributed by atoms with E-state index >= 15 is 0 Å². The van der Waals surface area contributed by atoms with E-state index in [0.29, 0.717) is 12.6 Å². The van der Waals surface area contributed by atoms with Gasteiger partial charge in [-0.2, -0.15) is 0 Å². The molecule has 1 fully saturated rings. The van der Waals surface area contributed by atoms with Crippen LogP contribution in [0.4, 0.5) is 0 Å². The molecule has 1 heterocycles. The third kappa shape index (κ3) is 4.76. The van der Waals surface area contributed by atoms with Crippen LogP contribution in [0.1, 0.15) is 24.4 Å². The first-order chi connectivity index (χ1) is 11.6. The lowest BCUT2D eigenvalue weighted by Crippen LogP contribution is -2.36. The van der Waals surface area contributed by atoms with Crippen LogP contribution in [0.15, 0.2) is 40.8 Å². The molecule has 2 aromatic rings. The third-order valence-electron chi connectivity index (χ3n) is 4.17. The van der Waals surface area contributed by atoms with Gasteiger partial charge in [0.1, 0.15) is 35.7 Å². The van der Waals surface area contributed by atoms with E-state index in [1.165, 1.54) is 12.8 Å². The number of aryl methyl sites for hydroxylation is 1. The van der Waals surface area contributed by atoms with E-state index in [1.807, 2.05) is 43.3 Å². The van der Waals surface area contributed by atoms with E-state index < -0.39 is 6.10 Å². The van der Waals surface area contributed by atoms with E-state index in [2.05, 4.69) is 4.90 Å². The predicted molar refractivity (Wildman–Crippen MR) is 91.4 cm³/mol. The molecule has 1 saturated carbocycles. The number of hydrogen-bond donors (Lipinski definition) is 1. The molecule has 1 aromatic heterocycles. The maximum absolute atomic E-state index is 10.3. The fraction of sp³-hybridized carbons (Fsp3) is 0.474. The van der Waals surface area contributed by atoms with Crippen molar-refractivity contribution in [1.29, 1.82) is 0 Å². The lowest BCUT2D eigenvalue weighted by Gasteiger charge is -2.24. The molecule has 1 aliphatic rings. The van der Waals surface area contributed by atoms with Crippen molar-refractivity contribution in [2.45, 2.75) is 38.5 Å². The summed E-state index contributed by atoms with van der Waals surface area (Å²) in [6.45, 7) is 3.54. The van der Waals surface area contributed by atoms with Crippen LogP contribution >= 0.6 is 0 Å². The number of aliphatic hydroxyl groups is 1. The summed E-state index contributed by atoms with van der Waals surface area (Å²) in [6, 6.07) is 11.9. The first-order valence-electron chi connectivity index (χ1n) is 8.38. The Bertz CT molecular complexity index is 633. The second-order valence-corrected chi connectivity index (χ2v) is 6.31. The number of furan rings is 1. The number of aliphatic hydroxyl groups excluding tert-OH is 1. The molecule has 0 aliphatic heterocycles. The summed E-state index contributed by atoms with van der Waals surface area (Å²) in [7, 11) is 1.63. The van der Waals surface area contributed by atoms with Gasteiger partial charge in [0.25, 0.3) is 0 Å². The average Bonchev–Trinajstić information content (AvgIpc) is 3.36. The van der Waals surface area contributed by atoms with Crippen molar-refractivity contribution in [1.82, 2.24) is 4.90 Å². The van der Waals surface area contributed by atoms with E-state index in [4.69, 9.17) is 13.9 Å². The monoisotopic (exact) mass is 331 g/mol. The van der Waals surface area contributed by atoms with Crippen molar-refractivity contribution in [2.75, 3.05) is 20.3 Å². The highest BCUT2D eigenvalue weighted by molar-refractivity contribution is 5.31. The molecule has 3 rings (SSSR count). The number of methoxy groups -OCH3 is 1. The second kappa shape index (κ2) is 7.73. The lowest BCUT2D eigenvalue weighted by molar-refractivity contribution is 0.0601. The van der Waals surface area contributed by atoms with E-state index in [0.717, 1.165) is 29.6 Å². The van der Waals surface area contributed by atoms with Crippen molar-refractivity contribution < 1.29 is 19.0 Å². The highest BCUT2D eigenvalue weighted by Gasteiger charge is 2.31. The topological polar surface area (TPSA) is 55.1 Å². The Morgan fingerprint density at radius 1 is 1.17 bits per heavy atom. The van der Waals surface area contributed by atoms with Crippen LogP contribution in [0.2, 0.25) is 0 Å². The maximum Gasteiger partial charge on any atom is 0.119 e. The molecule has 0 bridgehead atoms. The van der Waals surface area contributed by atoms with Gasteiger partial charge in [-0.1, -0.05) is 0 Å². The summed E-state index contributed by atoms with van der Waals surface area (Å²) in [5, 5.41) is 10.3. The zero-order chi connectivity index (χ0) is 16.9. The second-order valence-electron chi connectivity index (χ2n) is 6.31. The van der Waals surface area contributed by atoms with Gasteiger partial charge in [0.05, 0.1) is 13.7 Å². The number of nitrogens with zero attached hydrogens (tertiary/aromatic N) is 1. The minimum atomic E-state index is -0.538. The van der Waals surface area contributed by atoms with Crippen LogP contribution in [0.3, 0.4) is 0 Å². The quantitative estimate of drug-likeness (QED) is 0.765. The fourth-order valence-corrected chi connectivity index (χ4v) is 2.74. The first kappa shape index (κ1) is 16.9. The van der Waals surface area contributed by atoms with Crippen molar-refractivity contribution in [3.63, 3.8) is 0 Å². The lowest BCUT2D eigenvalue weighted by atomic mass is 10.3. The molecule has 130 valence electrons. The van der Waals surface area contributed by atoms with Gasteiger partial charge < -0.3 is 19.0 Å². The Balaban J connectivity index is 1.48. The summed E-state index contributed by atoms with van der Waals surface area (Å²) in [4.78, 5) is 2.28. The van der Waals surface area contributed by atoms with Gasteiger partial charge >= 0.3 is 0 Å². The molecular formula is C19H25NO4. The van der Waals surface area contributed by atoms with Gasteiger partial charge in [-0.3, -0.25) is 4.90 Å². The largest absolute Gasteiger partial charge is 0.497 e. The van der Waals surface area contributed by atoms with Gasteiger partial charge in [-0.15, -0.1) is 0 Å². The summed E-state index contributed by atoms with van der Waals surface area (Å²) < 4.78 is 16.4. The van der Waals surface area contributed by atoms with Crippen LogP contribution in [0, 0.1) is 6.92 Å². The molecule has 1 aliphatic carbocycles. The molecule has 5 heteroatoms. The van der Waals surface area contributed by atoms with Gasteiger partial charge in [0.2, 0.25) is 0 Å². The van der Waals surface area contributed by atoms with Crippen LogP contribution < -0.4 is 9.47 Å². The molecule has 0 amide bonds. The number of ether oxygens (including phenoxy) is 2. The summed E-state index contributed by atoms with van der Waals surface area (Å²) in [5.74, 6) is 3.39. The molecule has 1 atom stereocenters. The van der Waals surface area contributed by atoms with Crippen LogP contribution in [0.25, 0.3) is 0 Å². The predicted octanol–water partition coefficient (Wildman–Crippen LogP) is 3.00. The minimum absolute atomic E-state index is 0.271. The Morgan fingerprint density at radius 3 is 2.46 bits per heavy atom.